The van der Waals surface area contributed by atoms with Crippen molar-refractivity contribution in [3.8, 4) is 0 Å². The summed E-state index contributed by atoms with van der Waals surface area (Å²) in [5.41, 5.74) is -0.270. The number of hydrogen-bond acceptors (Lipinski definition) is 4. The second-order valence-corrected chi connectivity index (χ2v) is 10.3. The predicted octanol–water partition coefficient (Wildman–Crippen LogP) is 2.90. The molecule has 86 valence electrons. The molecule has 0 aliphatic rings. The summed E-state index contributed by atoms with van der Waals surface area (Å²) in [4.78, 5) is 21.2. The molecule has 0 unspecified atom stereocenters. The fourth-order valence-electron chi connectivity index (χ4n) is 0.910. The molecule has 0 spiro atoms. The molecule has 0 heterocycles. The first-order chi connectivity index (χ1) is 7.29. The van der Waals surface area contributed by atoms with E-state index >= 15 is 0 Å². The average Bonchev–Trinajstić information content (AvgIpc) is 2.15. The average molecular weight is 301 g/mol. The highest BCUT2D eigenvalue weighted by molar-refractivity contribution is 7.62. The molecule has 5 nitrogen and oxygen atoms in total. The first kappa shape index (κ1) is 13.2. The van der Waals surface area contributed by atoms with Crippen LogP contribution in [0.25, 0.3) is 0 Å². The lowest BCUT2D eigenvalue weighted by atomic mass is 10.2. The highest BCUT2D eigenvalue weighted by Crippen LogP contribution is 2.23. The first-order valence-corrected chi connectivity index (χ1v) is 8.78. The van der Waals surface area contributed by atoms with Gasteiger partial charge >= 0.3 is 12.2 Å². The Hall–Kier alpha value is -0.823. The number of carbonyl (C=O) groups excluding carboxylic acids is 1. The van der Waals surface area contributed by atoms with Crippen molar-refractivity contribution in [2.24, 2.45) is 0 Å². The molecule has 0 bridgehead atoms. The molecule has 0 amide bonds. The van der Waals surface area contributed by atoms with Crippen molar-refractivity contribution in [2.75, 3.05) is 0 Å². The fraction of sp³-hybridized carbons (Fsp3) is 0. The molecule has 0 radical (unpaired) electrons. The monoisotopic (exact) mass is 299 g/mol. The molecule has 0 atom stereocenters. The molecule has 1 rings (SSSR count). The van der Waals surface area contributed by atoms with Crippen molar-refractivity contribution in [2.45, 2.75) is 0 Å². The van der Waals surface area contributed by atoms with Crippen LogP contribution >= 0.6 is 33.2 Å². The third-order valence-corrected chi connectivity index (χ3v) is 2.61. The van der Waals surface area contributed by atoms with E-state index in [-0.39, 0.29) is 11.3 Å². The van der Waals surface area contributed by atoms with E-state index in [1.807, 2.05) is 0 Å². The maximum Gasteiger partial charge on any atom is 0.557 e. The van der Waals surface area contributed by atoms with Crippen LogP contribution in [0.15, 0.2) is 24.3 Å². The minimum atomic E-state index is -3.55. The molecule has 16 heavy (non-hydrogen) atoms. The van der Waals surface area contributed by atoms with Crippen molar-refractivity contribution in [3.05, 3.63) is 39.9 Å². The first-order valence-electron chi connectivity index (χ1n) is 3.84. The molecular formula is C7H4Cl3NO4Si. The summed E-state index contributed by atoms with van der Waals surface area (Å²) < 4.78 is 4.53. The Morgan fingerprint density at radius 1 is 1.38 bits per heavy atom. The van der Waals surface area contributed by atoms with Gasteiger partial charge in [0.15, 0.2) is 0 Å². The van der Waals surface area contributed by atoms with Gasteiger partial charge < -0.3 is 4.43 Å². The van der Waals surface area contributed by atoms with E-state index < -0.39 is 17.1 Å². The Bertz CT molecular complexity index is 434. The molecule has 9 heteroatoms. The van der Waals surface area contributed by atoms with E-state index in [1.54, 1.807) is 0 Å². The van der Waals surface area contributed by atoms with E-state index in [9.17, 15) is 14.9 Å². The predicted molar refractivity (Wildman–Crippen MR) is 61.8 cm³/mol. The molecule has 0 saturated heterocycles. The van der Waals surface area contributed by atoms with Gasteiger partial charge in [-0.1, -0.05) is 39.3 Å². The van der Waals surface area contributed by atoms with Crippen molar-refractivity contribution >= 4 is 51.1 Å². The zero-order chi connectivity index (χ0) is 12.3. The SMILES string of the molecule is O=C(O[Si](Cl)(Cl)Cl)c1cccc([N+](=O)[O-])c1. The van der Waals surface area contributed by atoms with E-state index in [4.69, 9.17) is 33.2 Å². The Labute approximate surface area is 105 Å². The molecule has 0 fully saturated rings. The van der Waals surface area contributed by atoms with Gasteiger partial charge in [0.2, 0.25) is 0 Å². The van der Waals surface area contributed by atoms with Gasteiger partial charge in [-0.2, -0.15) is 0 Å². The van der Waals surface area contributed by atoms with E-state index in [1.165, 1.54) is 18.2 Å². The summed E-state index contributed by atoms with van der Waals surface area (Å²) >= 11 is 16.1. The standard InChI is InChI=1S/C7H4Cl3NO4Si/c8-16(9,10)15-7(12)5-2-1-3-6(4-5)11(13)14/h1-4H. The minimum Gasteiger partial charge on any atom is -0.477 e. The highest BCUT2D eigenvalue weighted by atomic mass is 35.8. The molecule has 0 aromatic heterocycles. The van der Waals surface area contributed by atoms with Crippen LogP contribution in [-0.2, 0) is 4.43 Å². The van der Waals surface area contributed by atoms with Crippen LogP contribution in [0, 0.1) is 10.1 Å². The van der Waals surface area contributed by atoms with Crippen molar-refractivity contribution < 1.29 is 14.1 Å². The van der Waals surface area contributed by atoms with Gasteiger partial charge in [-0.05, 0) is 6.07 Å². The molecule has 1 aromatic rings. The maximum atomic E-state index is 11.4. The minimum absolute atomic E-state index is 0.0342. The van der Waals surface area contributed by atoms with Crippen LogP contribution in [0.4, 0.5) is 5.69 Å². The quantitative estimate of drug-likeness (QED) is 0.372. The maximum absolute atomic E-state index is 11.4. The lowest BCUT2D eigenvalue weighted by Crippen LogP contribution is -2.21. The van der Waals surface area contributed by atoms with E-state index in [0.717, 1.165) is 6.07 Å². The Morgan fingerprint density at radius 3 is 2.50 bits per heavy atom. The zero-order valence-corrected chi connectivity index (χ0v) is 10.8. The topological polar surface area (TPSA) is 69.4 Å². The van der Waals surface area contributed by atoms with Crippen LogP contribution in [0.3, 0.4) is 0 Å². The van der Waals surface area contributed by atoms with Crippen molar-refractivity contribution in [1.29, 1.82) is 0 Å². The highest BCUT2D eigenvalue weighted by Gasteiger charge is 2.33. The second kappa shape index (κ2) is 5.01. The lowest BCUT2D eigenvalue weighted by molar-refractivity contribution is -0.384. The Balaban J connectivity index is 2.92. The van der Waals surface area contributed by atoms with Gasteiger partial charge in [-0.15, -0.1) is 0 Å². The summed E-state index contributed by atoms with van der Waals surface area (Å²) in [6, 6.07) is 4.96. The fourth-order valence-corrected chi connectivity index (χ4v) is 1.87. The second-order valence-electron chi connectivity index (χ2n) is 2.64. The Kier molecular flexibility index (Phi) is 4.14. The van der Waals surface area contributed by atoms with Gasteiger partial charge in [0.25, 0.3) is 5.69 Å². The lowest BCUT2D eigenvalue weighted by Gasteiger charge is -2.09. The normalized spacial score (nSPS) is 10.9. The van der Waals surface area contributed by atoms with Gasteiger partial charge in [0.05, 0.1) is 10.5 Å². The van der Waals surface area contributed by atoms with Gasteiger partial charge in [-0.3, -0.25) is 10.1 Å². The summed E-state index contributed by atoms with van der Waals surface area (Å²) in [7, 11) is 0. The number of halogens is 3. The number of hydrogen-bond donors (Lipinski definition) is 0. The van der Waals surface area contributed by atoms with Crippen LogP contribution < -0.4 is 0 Å². The van der Waals surface area contributed by atoms with E-state index in [2.05, 4.69) is 4.43 Å². The summed E-state index contributed by atoms with van der Waals surface area (Å²) in [5.74, 6) is -0.893. The van der Waals surface area contributed by atoms with Crippen LogP contribution in [0.1, 0.15) is 10.4 Å². The number of rotatable bonds is 3. The van der Waals surface area contributed by atoms with Crippen LogP contribution in [-0.4, -0.2) is 17.1 Å². The third-order valence-electron chi connectivity index (χ3n) is 1.50. The molecule has 0 N–H and O–H groups in total. The van der Waals surface area contributed by atoms with Crippen molar-refractivity contribution in [3.63, 3.8) is 0 Å². The zero-order valence-electron chi connectivity index (χ0n) is 7.52. The number of nitro groups is 1. The molecule has 0 saturated carbocycles. The largest absolute Gasteiger partial charge is 0.557 e. The van der Waals surface area contributed by atoms with Crippen LogP contribution in [0.2, 0.25) is 0 Å². The summed E-state index contributed by atoms with van der Waals surface area (Å²) in [5, 5.41) is 10.4. The molecular weight excluding hydrogens is 297 g/mol. The smallest absolute Gasteiger partial charge is 0.477 e. The third kappa shape index (κ3) is 3.97. The van der Waals surface area contributed by atoms with Gasteiger partial charge in [0, 0.05) is 12.1 Å². The number of benzene rings is 1. The number of non-ortho nitro benzene ring substituents is 1. The molecule has 0 aliphatic carbocycles. The number of nitro benzene ring substituents is 1. The van der Waals surface area contributed by atoms with Crippen LogP contribution in [0.5, 0.6) is 0 Å². The number of carbonyl (C=O) groups is 1. The molecule has 0 aliphatic heterocycles. The van der Waals surface area contributed by atoms with Gasteiger partial charge in [0.1, 0.15) is 0 Å². The summed E-state index contributed by atoms with van der Waals surface area (Å²) in [6.07, 6.45) is -3.55. The number of nitrogens with zero attached hydrogens (tertiary/aromatic N) is 1. The molecule has 1 aromatic carbocycles. The Morgan fingerprint density at radius 2 is 2.00 bits per heavy atom. The summed E-state index contributed by atoms with van der Waals surface area (Å²) in [6.45, 7) is 0. The van der Waals surface area contributed by atoms with Gasteiger partial charge in [-0.25, -0.2) is 4.79 Å². The van der Waals surface area contributed by atoms with Crippen molar-refractivity contribution in [1.82, 2.24) is 0 Å². The van der Waals surface area contributed by atoms with E-state index in [0.29, 0.717) is 0 Å².